The van der Waals surface area contributed by atoms with Crippen molar-refractivity contribution in [2.45, 2.75) is 52.4 Å². The van der Waals surface area contributed by atoms with Gasteiger partial charge in [-0.05, 0) is 49.4 Å². The van der Waals surface area contributed by atoms with Gasteiger partial charge in [-0.3, -0.25) is 0 Å². The van der Waals surface area contributed by atoms with Gasteiger partial charge in [0.25, 0.3) is 0 Å². The van der Waals surface area contributed by atoms with E-state index in [1.165, 1.54) is 38.5 Å². The highest BCUT2D eigenvalue weighted by molar-refractivity contribution is 5.13. The van der Waals surface area contributed by atoms with E-state index >= 15 is 0 Å². The molecule has 0 heteroatoms. The molecule has 0 amide bonds. The van der Waals surface area contributed by atoms with E-state index in [-0.39, 0.29) is 0 Å². The Balaban J connectivity index is 2.12. The van der Waals surface area contributed by atoms with Crippen molar-refractivity contribution in [1.82, 2.24) is 0 Å². The third-order valence-corrected chi connectivity index (χ3v) is 4.62. The Hall–Kier alpha value is -0.260. The van der Waals surface area contributed by atoms with Crippen LogP contribution in [0.15, 0.2) is 12.2 Å². The van der Waals surface area contributed by atoms with Crippen LogP contribution < -0.4 is 0 Å². The van der Waals surface area contributed by atoms with Crippen LogP contribution in [0.1, 0.15) is 52.4 Å². The summed E-state index contributed by atoms with van der Waals surface area (Å²) < 4.78 is 0. The molecule has 2 rings (SSSR count). The SMILES string of the molecule is C=C1CCC2CCC(C)C(CCC)C12. The summed E-state index contributed by atoms with van der Waals surface area (Å²) in [6, 6.07) is 0. The maximum Gasteiger partial charge on any atom is -0.0147 e. The average Bonchev–Trinajstić information content (AvgIpc) is 2.53. The maximum absolute atomic E-state index is 4.31. The molecule has 0 bridgehead atoms. The van der Waals surface area contributed by atoms with Crippen LogP contribution in [0.25, 0.3) is 0 Å². The zero-order chi connectivity index (χ0) is 10.1. The first kappa shape index (κ1) is 10.3. The Morgan fingerprint density at radius 3 is 2.79 bits per heavy atom. The largest absolute Gasteiger partial charge is 0.0996 e. The van der Waals surface area contributed by atoms with E-state index in [1.54, 1.807) is 5.57 Å². The Bertz CT molecular complexity index is 216. The van der Waals surface area contributed by atoms with Gasteiger partial charge >= 0.3 is 0 Å². The second-order valence-electron chi connectivity index (χ2n) is 5.49. The molecule has 4 atom stereocenters. The third-order valence-electron chi connectivity index (χ3n) is 4.62. The normalized spacial score (nSPS) is 42.6. The van der Waals surface area contributed by atoms with Crippen LogP contribution in [0.3, 0.4) is 0 Å². The van der Waals surface area contributed by atoms with Gasteiger partial charge in [0.05, 0.1) is 0 Å². The van der Waals surface area contributed by atoms with Gasteiger partial charge in [0.1, 0.15) is 0 Å². The van der Waals surface area contributed by atoms with E-state index in [0.717, 1.165) is 23.7 Å². The van der Waals surface area contributed by atoms with Gasteiger partial charge in [0.15, 0.2) is 0 Å². The van der Waals surface area contributed by atoms with Gasteiger partial charge in [-0.15, -0.1) is 0 Å². The van der Waals surface area contributed by atoms with Crippen LogP contribution >= 0.6 is 0 Å². The molecule has 2 fully saturated rings. The van der Waals surface area contributed by atoms with Crippen molar-refractivity contribution >= 4 is 0 Å². The summed E-state index contributed by atoms with van der Waals surface area (Å²) in [4.78, 5) is 0. The molecule has 2 aliphatic rings. The van der Waals surface area contributed by atoms with E-state index in [0.29, 0.717) is 0 Å². The fourth-order valence-corrected chi connectivity index (χ4v) is 3.87. The highest BCUT2D eigenvalue weighted by Crippen LogP contribution is 2.51. The molecule has 0 N–H and O–H groups in total. The summed E-state index contributed by atoms with van der Waals surface area (Å²) in [7, 11) is 0. The Labute approximate surface area is 88.8 Å². The summed E-state index contributed by atoms with van der Waals surface area (Å²) in [5.41, 5.74) is 1.58. The van der Waals surface area contributed by atoms with Crippen molar-refractivity contribution in [3.63, 3.8) is 0 Å². The highest BCUT2D eigenvalue weighted by Gasteiger charge is 2.41. The van der Waals surface area contributed by atoms with E-state index in [2.05, 4.69) is 20.4 Å². The van der Waals surface area contributed by atoms with E-state index in [1.807, 2.05) is 0 Å². The molecule has 0 aromatic rings. The van der Waals surface area contributed by atoms with Crippen LogP contribution in [-0.4, -0.2) is 0 Å². The first-order valence-corrected chi connectivity index (χ1v) is 6.41. The first-order chi connectivity index (χ1) is 6.74. The highest BCUT2D eigenvalue weighted by atomic mass is 14.5. The lowest BCUT2D eigenvalue weighted by Gasteiger charge is -2.39. The van der Waals surface area contributed by atoms with Gasteiger partial charge in [-0.1, -0.05) is 38.8 Å². The predicted molar refractivity (Wildman–Crippen MR) is 62.2 cm³/mol. The minimum absolute atomic E-state index is 0.902. The van der Waals surface area contributed by atoms with Gasteiger partial charge in [-0.2, -0.15) is 0 Å². The minimum atomic E-state index is 0.902. The van der Waals surface area contributed by atoms with E-state index < -0.39 is 0 Å². The number of fused-ring (bicyclic) bond motifs is 1. The summed E-state index contributed by atoms with van der Waals surface area (Å²) >= 11 is 0. The van der Waals surface area contributed by atoms with Crippen LogP contribution in [0.5, 0.6) is 0 Å². The minimum Gasteiger partial charge on any atom is -0.0996 e. The van der Waals surface area contributed by atoms with Crippen molar-refractivity contribution in [1.29, 1.82) is 0 Å². The molecule has 2 saturated carbocycles. The smallest absolute Gasteiger partial charge is 0.0147 e. The number of rotatable bonds is 2. The molecule has 0 aliphatic heterocycles. The standard InChI is InChI=1S/C14H24/c1-4-5-13-10(2)6-8-12-9-7-11(3)14(12)13/h10,12-14H,3-9H2,1-2H3. The first-order valence-electron chi connectivity index (χ1n) is 6.41. The van der Waals surface area contributed by atoms with Crippen molar-refractivity contribution in [2.75, 3.05) is 0 Å². The monoisotopic (exact) mass is 192 g/mol. The fraction of sp³-hybridized carbons (Fsp3) is 0.857. The molecule has 0 aromatic heterocycles. The van der Waals surface area contributed by atoms with Crippen molar-refractivity contribution in [3.8, 4) is 0 Å². The van der Waals surface area contributed by atoms with Gasteiger partial charge in [0, 0.05) is 0 Å². The van der Waals surface area contributed by atoms with Crippen molar-refractivity contribution < 1.29 is 0 Å². The second-order valence-corrected chi connectivity index (χ2v) is 5.49. The van der Waals surface area contributed by atoms with Gasteiger partial charge in [-0.25, -0.2) is 0 Å². The fourth-order valence-electron chi connectivity index (χ4n) is 3.87. The van der Waals surface area contributed by atoms with Gasteiger partial charge in [0.2, 0.25) is 0 Å². The maximum atomic E-state index is 4.31. The van der Waals surface area contributed by atoms with Crippen LogP contribution in [-0.2, 0) is 0 Å². The predicted octanol–water partition coefficient (Wildman–Crippen LogP) is 4.42. The number of allylic oxidation sites excluding steroid dienone is 1. The Morgan fingerprint density at radius 1 is 1.29 bits per heavy atom. The summed E-state index contributed by atoms with van der Waals surface area (Å²) in [6.07, 6.45) is 8.50. The zero-order valence-corrected chi connectivity index (χ0v) is 9.76. The van der Waals surface area contributed by atoms with Crippen molar-refractivity contribution in [2.24, 2.45) is 23.7 Å². The van der Waals surface area contributed by atoms with E-state index in [9.17, 15) is 0 Å². The second kappa shape index (κ2) is 4.08. The molecule has 0 nitrogen and oxygen atoms in total. The quantitative estimate of drug-likeness (QED) is 0.568. The summed E-state index contributed by atoms with van der Waals surface area (Å²) in [6.45, 7) is 9.09. The van der Waals surface area contributed by atoms with Crippen LogP contribution in [0.2, 0.25) is 0 Å². The number of hydrogen-bond acceptors (Lipinski definition) is 0. The van der Waals surface area contributed by atoms with Crippen molar-refractivity contribution in [3.05, 3.63) is 12.2 Å². The molecular weight excluding hydrogens is 168 g/mol. The molecule has 14 heavy (non-hydrogen) atoms. The summed E-state index contributed by atoms with van der Waals surface area (Å²) in [5.74, 6) is 3.83. The lowest BCUT2D eigenvalue weighted by Crippen LogP contribution is -2.31. The molecule has 0 heterocycles. The lowest BCUT2D eigenvalue weighted by molar-refractivity contribution is 0.134. The Kier molecular flexibility index (Phi) is 2.99. The molecule has 0 spiro atoms. The molecule has 0 radical (unpaired) electrons. The van der Waals surface area contributed by atoms with Crippen LogP contribution in [0.4, 0.5) is 0 Å². The Morgan fingerprint density at radius 2 is 2.07 bits per heavy atom. The molecule has 4 unspecified atom stereocenters. The summed E-state index contributed by atoms with van der Waals surface area (Å²) in [5, 5.41) is 0. The molecule has 0 aromatic carbocycles. The molecule has 80 valence electrons. The topological polar surface area (TPSA) is 0 Å². The lowest BCUT2D eigenvalue weighted by atomic mass is 9.66. The van der Waals surface area contributed by atoms with E-state index in [4.69, 9.17) is 0 Å². The zero-order valence-electron chi connectivity index (χ0n) is 9.76. The number of hydrogen-bond donors (Lipinski definition) is 0. The molecule has 0 saturated heterocycles. The average molecular weight is 192 g/mol. The third kappa shape index (κ3) is 1.64. The molecule has 2 aliphatic carbocycles. The van der Waals surface area contributed by atoms with Gasteiger partial charge < -0.3 is 0 Å². The van der Waals surface area contributed by atoms with Crippen LogP contribution in [0, 0.1) is 23.7 Å². The molecular formula is C14H24.